The van der Waals surface area contributed by atoms with Crippen molar-refractivity contribution in [3.63, 3.8) is 0 Å². The molecular formula is C20H26O2. The monoisotopic (exact) mass is 298 g/mol. The smallest absolute Gasteiger partial charge is 0.119 e. The maximum absolute atomic E-state index is 11.1. The van der Waals surface area contributed by atoms with Gasteiger partial charge in [-0.2, -0.15) is 0 Å². The van der Waals surface area contributed by atoms with Crippen molar-refractivity contribution in [1.82, 2.24) is 0 Å². The van der Waals surface area contributed by atoms with Crippen LogP contribution in [0.15, 0.2) is 36.4 Å². The molecule has 0 amide bonds. The first-order valence-electron chi connectivity index (χ1n) is 7.67. The molecule has 0 saturated carbocycles. The zero-order valence-electron chi connectivity index (χ0n) is 14.4. The van der Waals surface area contributed by atoms with Crippen molar-refractivity contribution >= 4 is 0 Å². The fraction of sp³-hybridized carbons (Fsp3) is 0.400. The molecule has 2 unspecified atom stereocenters. The van der Waals surface area contributed by atoms with E-state index in [1.54, 1.807) is 13.8 Å². The van der Waals surface area contributed by atoms with Crippen LogP contribution in [0.2, 0.25) is 0 Å². The van der Waals surface area contributed by atoms with Gasteiger partial charge in [-0.3, -0.25) is 0 Å². The molecule has 2 N–H and O–H groups in total. The first kappa shape index (κ1) is 16.7. The van der Waals surface area contributed by atoms with Crippen molar-refractivity contribution in [2.45, 2.75) is 52.7 Å². The molecule has 2 atom stereocenters. The van der Waals surface area contributed by atoms with Crippen LogP contribution in [0.5, 0.6) is 0 Å². The second kappa shape index (κ2) is 5.53. The van der Waals surface area contributed by atoms with Crippen molar-refractivity contribution in [2.75, 3.05) is 0 Å². The molecule has 0 aliphatic rings. The molecule has 2 rings (SSSR count). The molecule has 0 saturated heterocycles. The summed E-state index contributed by atoms with van der Waals surface area (Å²) in [4.78, 5) is 0. The van der Waals surface area contributed by atoms with Crippen molar-refractivity contribution in [3.8, 4) is 0 Å². The van der Waals surface area contributed by atoms with Crippen molar-refractivity contribution < 1.29 is 10.2 Å². The summed E-state index contributed by atoms with van der Waals surface area (Å²) >= 11 is 0. The fourth-order valence-electron chi connectivity index (χ4n) is 2.65. The lowest BCUT2D eigenvalue weighted by Gasteiger charge is -2.40. The maximum Gasteiger partial charge on any atom is 0.119 e. The Balaban J connectivity index is 2.53. The number of hydrogen-bond acceptors (Lipinski definition) is 2. The van der Waals surface area contributed by atoms with E-state index in [2.05, 4.69) is 0 Å². The molecule has 2 aromatic carbocycles. The van der Waals surface area contributed by atoms with Gasteiger partial charge in [0.2, 0.25) is 0 Å². The fourth-order valence-corrected chi connectivity index (χ4v) is 2.65. The molecule has 2 nitrogen and oxygen atoms in total. The summed E-state index contributed by atoms with van der Waals surface area (Å²) in [7, 11) is 0. The SMILES string of the molecule is Cc1ccc(C(C)(O)C(C)(O)c2ccc(C)c(C)c2)cc1C. The Morgan fingerprint density at radius 1 is 0.591 bits per heavy atom. The second-order valence-corrected chi connectivity index (χ2v) is 6.74. The van der Waals surface area contributed by atoms with Gasteiger partial charge >= 0.3 is 0 Å². The standard InChI is InChI=1S/C20H26O2/c1-13-7-9-17(11-15(13)3)19(5,21)20(6,22)18-10-8-14(2)16(4)12-18/h7-12,21-22H,1-6H3. The highest BCUT2D eigenvalue weighted by Crippen LogP contribution is 2.41. The quantitative estimate of drug-likeness (QED) is 0.898. The number of rotatable bonds is 3. The normalized spacial score (nSPS) is 16.9. The van der Waals surface area contributed by atoms with Crippen LogP contribution in [0.4, 0.5) is 0 Å². The Morgan fingerprint density at radius 3 is 1.18 bits per heavy atom. The number of hydrogen-bond donors (Lipinski definition) is 2. The summed E-state index contributed by atoms with van der Waals surface area (Å²) in [6, 6.07) is 11.6. The molecule has 2 aromatic rings. The van der Waals surface area contributed by atoms with Gasteiger partial charge in [-0.1, -0.05) is 36.4 Å². The Labute approximate surface area is 133 Å². The molecule has 0 aliphatic carbocycles. The van der Waals surface area contributed by atoms with E-state index in [1.165, 1.54) is 11.1 Å². The van der Waals surface area contributed by atoms with E-state index < -0.39 is 11.2 Å². The molecule has 2 heteroatoms. The summed E-state index contributed by atoms with van der Waals surface area (Å²) in [6.45, 7) is 11.4. The molecule has 118 valence electrons. The maximum atomic E-state index is 11.1. The Hall–Kier alpha value is -1.64. The van der Waals surface area contributed by atoms with Crippen LogP contribution in [-0.4, -0.2) is 10.2 Å². The van der Waals surface area contributed by atoms with Gasteiger partial charge in [-0.25, -0.2) is 0 Å². The number of aliphatic hydroxyl groups is 2. The van der Waals surface area contributed by atoms with E-state index in [4.69, 9.17) is 0 Å². The van der Waals surface area contributed by atoms with E-state index >= 15 is 0 Å². The Kier molecular flexibility index (Phi) is 4.20. The Bertz CT molecular complexity index is 635. The topological polar surface area (TPSA) is 40.5 Å². The first-order chi connectivity index (χ1) is 10.1. The molecule has 0 spiro atoms. The van der Waals surface area contributed by atoms with Gasteiger partial charge in [-0.15, -0.1) is 0 Å². The molecule has 22 heavy (non-hydrogen) atoms. The molecule has 0 radical (unpaired) electrons. The number of benzene rings is 2. The minimum atomic E-state index is -1.38. The van der Waals surface area contributed by atoms with E-state index in [-0.39, 0.29) is 0 Å². The zero-order chi connectivity index (χ0) is 16.7. The van der Waals surface area contributed by atoms with Gasteiger partial charge < -0.3 is 10.2 Å². The predicted octanol–water partition coefficient (Wildman–Crippen LogP) is 4.04. The molecule has 0 fully saturated rings. The summed E-state index contributed by atoms with van der Waals surface area (Å²) in [5.74, 6) is 0. The third kappa shape index (κ3) is 2.69. The summed E-state index contributed by atoms with van der Waals surface area (Å²) in [6.07, 6.45) is 0. The van der Waals surface area contributed by atoms with Crippen LogP contribution in [0.3, 0.4) is 0 Å². The average Bonchev–Trinajstić information content (AvgIpc) is 2.44. The molecule has 0 bridgehead atoms. The van der Waals surface area contributed by atoms with Gasteiger partial charge in [0, 0.05) is 0 Å². The van der Waals surface area contributed by atoms with Gasteiger partial charge in [0.25, 0.3) is 0 Å². The van der Waals surface area contributed by atoms with Gasteiger partial charge in [0.05, 0.1) is 0 Å². The van der Waals surface area contributed by atoms with Crippen LogP contribution in [0.25, 0.3) is 0 Å². The van der Waals surface area contributed by atoms with Crippen LogP contribution in [0, 0.1) is 27.7 Å². The summed E-state index contributed by atoms with van der Waals surface area (Å²) in [5.41, 5.74) is 3.23. The lowest BCUT2D eigenvalue weighted by Crippen LogP contribution is -2.45. The number of aryl methyl sites for hydroxylation is 4. The highest BCUT2D eigenvalue weighted by Gasteiger charge is 2.44. The molecule has 0 aromatic heterocycles. The van der Waals surface area contributed by atoms with E-state index in [1.807, 2.05) is 64.1 Å². The highest BCUT2D eigenvalue weighted by atomic mass is 16.4. The van der Waals surface area contributed by atoms with Crippen LogP contribution < -0.4 is 0 Å². The van der Waals surface area contributed by atoms with Crippen molar-refractivity contribution in [2.24, 2.45) is 0 Å². The minimum absolute atomic E-state index is 0.721. The first-order valence-corrected chi connectivity index (χ1v) is 7.67. The molecule has 0 heterocycles. The highest BCUT2D eigenvalue weighted by molar-refractivity contribution is 5.39. The predicted molar refractivity (Wildman–Crippen MR) is 91.0 cm³/mol. The third-order valence-electron chi connectivity index (χ3n) is 5.09. The summed E-state index contributed by atoms with van der Waals surface area (Å²) < 4.78 is 0. The molecule has 0 aliphatic heterocycles. The Morgan fingerprint density at radius 2 is 0.909 bits per heavy atom. The lowest BCUT2D eigenvalue weighted by atomic mass is 9.75. The van der Waals surface area contributed by atoms with Crippen LogP contribution >= 0.6 is 0 Å². The lowest BCUT2D eigenvalue weighted by molar-refractivity contribution is -0.143. The third-order valence-corrected chi connectivity index (χ3v) is 5.09. The largest absolute Gasteiger partial charge is 0.382 e. The second-order valence-electron chi connectivity index (χ2n) is 6.74. The molecular weight excluding hydrogens is 272 g/mol. The zero-order valence-corrected chi connectivity index (χ0v) is 14.4. The van der Waals surface area contributed by atoms with Gasteiger partial charge in [0.15, 0.2) is 0 Å². The van der Waals surface area contributed by atoms with Crippen molar-refractivity contribution in [1.29, 1.82) is 0 Å². The van der Waals surface area contributed by atoms with Gasteiger partial charge in [0.1, 0.15) is 11.2 Å². The van der Waals surface area contributed by atoms with Crippen LogP contribution in [0.1, 0.15) is 47.2 Å². The van der Waals surface area contributed by atoms with Crippen LogP contribution in [-0.2, 0) is 11.2 Å². The summed E-state index contributed by atoms with van der Waals surface area (Å²) in [5, 5.41) is 22.2. The van der Waals surface area contributed by atoms with E-state index in [0.29, 0.717) is 0 Å². The average molecular weight is 298 g/mol. The van der Waals surface area contributed by atoms with Gasteiger partial charge in [-0.05, 0) is 74.9 Å². The van der Waals surface area contributed by atoms with Crippen molar-refractivity contribution in [3.05, 3.63) is 69.8 Å². The van der Waals surface area contributed by atoms with E-state index in [0.717, 1.165) is 22.3 Å². The van der Waals surface area contributed by atoms with E-state index in [9.17, 15) is 10.2 Å². The minimum Gasteiger partial charge on any atom is -0.382 e.